The molecule has 2 aromatic rings. The standard InChI is InChI=1S/C14H13BrFNO2/c1-19-14-5-4-11(7-13(14)18)17-8-9-2-3-10(16)6-12(9)15/h2-7,17-18H,8H2,1H3. The molecule has 5 heteroatoms. The Morgan fingerprint density at radius 1 is 1.26 bits per heavy atom. The lowest BCUT2D eigenvalue weighted by Gasteiger charge is -2.10. The molecule has 0 aliphatic carbocycles. The zero-order valence-corrected chi connectivity index (χ0v) is 11.9. The summed E-state index contributed by atoms with van der Waals surface area (Å²) in [6, 6.07) is 9.59. The summed E-state index contributed by atoms with van der Waals surface area (Å²) in [5, 5.41) is 12.8. The summed E-state index contributed by atoms with van der Waals surface area (Å²) in [4.78, 5) is 0. The number of rotatable bonds is 4. The molecule has 0 radical (unpaired) electrons. The Bertz CT molecular complexity index is 590. The summed E-state index contributed by atoms with van der Waals surface area (Å²) in [6.45, 7) is 0.520. The van der Waals surface area contributed by atoms with Gasteiger partial charge in [-0.1, -0.05) is 22.0 Å². The maximum atomic E-state index is 12.9. The molecule has 0 aromatic heterocycles. The molecule has 0 amide bonds. The third-order valence-corrected chi connectivity index (χ3v) is 3.42. The Labute approximate surface area is 119 Å². The van der Waals surface area contributed by atoms with Crippen molar-refractivity contribution >= 4 is 21.6 Å². The molecule has 0 saturated carbocycles. The Balaban J connectivity index is 2.08. The number of hydrogen-bond acceptors (Lipinski definition) is 3. The van der Waals surface area contributed by atoms with Gasteiger partial charge < -0.3 is 15.2 Å². The first kappa shape index (κ1) is 13.7. The summed E-state index contributed by atoms with van der Waals surface area (Å²) in [6.07, 6.45) is 0. The van der Waals surface area contributed by atoms with Crippen molar-refractivity contribution in [2.75, 3.05) is 12.4 Å². The SMILES string of the molecule is COc1ccc(NCc2ccc(F)cc2Br)cc1O. The third-order valence-electron chi connectivity index (χ3n) is 2.68. The summed E-state index contributed by atoms with van der Waals surface area (Å²) in [5.41, 5.74) is 1.69. The van der Waals surface area contributed by atoms with Gasteiger partial charge in [0, 0.05) is 22.8 Å². The van der Waals surface area contributed by atoms with Gasteiger partial charge in [0.05, 0.1) is 7.11 Å². The number of aromatic hydroxyl groups is 1. The average Bonchev–Trinajstić information content (AvgIpc) is 2.38. The van der Waals surface area contributed by atoms with Crippen LogP contribution in [-0.4, -0.2) is 12.2 Å². The molecule has 0 aliphatic heterocycles. The van der Waals surface area contributed by atoms with Gasteiger partial charge in [-0.15, -0.1) is 0 Å². The van der Waals surface area contributed by atoms with Gasteiger partial charge in [0.1, 0.15) is 5.82 Å². The first-order valence-corrected chi connectivity index (χ1v) is 6.44. The van der Waals surface area contributed by atoms with E-state index in [9.17, 15) is 9.50 Å². The molecule has 2 aromatic carbocycles. The second kappa shape index (κ2) is 5.93. The summed E-state index contributed by atoms with van der Waals surface area (Å²) in [7, 11) is 1.50. The summed E-state index contributed by atoms with van der Waals surface area (Å²) < 4.78 is 18.6. The van der Waals surface area contributed by atoms with Crippen molar-refractivity contribution in [3.05, 3.63) is 52.3 Å². The molecule has 0 bridgehead atoms. The molecule has 0 atom stereocenters. The first-order valence-electron chi connectivity index (χ1n) is 5.65. The van der Waals surface area contributed by atoms with Crippen molar-refractivity contribution in [2.24, 2.45) is 0 Å². The monoisotopic (exact) mass is 325 g/mol. The summed E-state index contributed by atoms with van der Waals surface area (Å²) in [5.74, 6) is 0.219. The highest BCUT2D eigenvalue weighted by Gasteiger charge is 2.04. The Morgan fingerprint density at radius 3 is 2.68 bits per heavy atom. The molecule has 0 aliphatic rings. The first-order chi connectivity index (χ1) is 9.10. The van der Waals surface area contributed by atoms with Crippen LogP contribution in [0.2, 0.25) is 0 Å². The molecular formula is C14H13BrFNO2. The molecule has 0 spiro atoms. The minimum absolute atomic E-state index is 0.0747. The van der Waals surface area contributed by atoms with E-state index in [1.165, 1.54) is 19.2 Å². The summed E-state index contributed by atoms with van der Waals surface area (Å²) >= 11 is 3.31. The van der Waals surface area contributed by atoms with Crippen LogP contribution in [-0.2, 0) is 6.54 Å². The van der Waals surface area contributed by atoms with E-state index in [2.05, 4.69) is 21.2 Å². The number of nitrogens with one attached hydrogen (secondary N) is 1. The molecule has 2 N–H and O–H groups in total. The van der Waals surface area contributed by atoms with E-state index in [0.29, 0.717) is 16.8 Å². The predicted molar refractivity (Wildman–Crippen MR) is 76.1 cm³/mol. The van der Waals surface area contributed by atoms with Crippen LogP contribution in [0.25, 0.3) is 0 Å². The van der Waals surface area contributed by atoms with E-state index >= 15 is 0 Å². The number of ether oxygens (including phenoxy) is 1. The van der Waals surface area contributed by atoms with Gasteiger partial charge >= 0.3 is 0 Å². The number of methoxy groups -OCH3 is 1. The molecule has 0 fully saturated rings. The largest absolute Gasteiger partial charge is 0.504 e. The number of hydrogen-bond donors (Lipinski definition) is 2. The molecule has 0 unspecified atom stereocenters. The van der Waals surface area contributed by atoms with Crippen LogP contribution in [0.5, 0.6) is 11.5 Å². The third kappa shape index (κ3) is 3.38. The average molecular weight is 326 g/mol. The fourth-order valence-electron chi connectivity index (χ4n) is 1.66. The van der Waals surface area contributed by atoms with E-state index in [-0.39, 0.29) is 11.6 Å². The molecule has 100 valence electrons. The van der Waals surface area contributed by atoms with Crippen molar-refractivity contribution in [1.82, 2.24) is 0 Å². The number of anilines is 1. The maximum Gasteiger partial charge on any atom is 0.160 e. The van der Waals surface area contributed by atoms with Gasteiger partial charge in [-0.05, 0) is 29.8 Å². The number of benzene rings is 2. The van der Waals surface area contributed by atoms with Gasteiger partial charge in [0.25, 0.3) is 0 Å². The molecule has 0 heterocycles. The van der Waals surface area contributed by atoms with Crippen LogP contribution >= 0.6 is 15.9 Å². The van der Waals surface area contributed by atoms with E-state index in [0.717, 1.165) is 11.3 Å². The highest BCUT2D eigenvalue weighted by Crippen LogP contribution is 2.29. The smallest absolute Gasteiger partial charge is 0.160 e. The van der Waals surface area contributed by atoms with Crippen LogP contribution in [0.3, 0.4) is 0 Å². The molecule has 2 rings (SSSR count). The molecule has 3 nitrogen and oxygen atoms in total. The van der Waals surface area contributed by atoms with Gasteiger partial charge in [0.15, 0.2) is 11.5 Å². The maximum absolute atomic E-state index is 12.9. The fraction of sp³-hybridized carbons (Fsp3) is 0.143. The zero-order valence-electron chi connectivity index (χ0n) is 10.3. The van der Waals surface area contributed by atoms with E-state index in [1.807, 2.05) is 0 Å². The van der Waals surface area contributed by atoms with Crippen molar-refractivity contribution in [1.29, 1.82) is 0 Å². The molecule has 19 heavy (non-hydrogen) atoms. The Hall–Kier alpha value is -1.75. The second-order valence-electron chi connectivity index (χ2n) is 3.98. The van der Waals surface area contributed by atoms with Gasteiger partial charge in [-0.3, -0.25) is 0 Å². The number of halogens is 2. The van der Waals surface area contributed by atoms with Crippen LogP contribution < -0.4 is 10.1 Å². The number of phenolic OH excluding ortho intramolecular Hbond substituents is 1. The lowest BCUT2D eigenvalue weighted by molar-refractivity contribution is 0.373. The van der Waals surface area contributed by atoms with Crippen molar-refractivity contribution in [3.8, 4) is 11.5 Å². The van der Waals surface area contributed by atoms with E-state index in [1.54, 1.807) is 24.3 Å². The van der Waals surface area contributed by atoms with Crippen LogP contribution in [0.4, 0.5) is 10.1 Å². The van der Waals surface area contributed by atoms with Crippen molar-refractivity contribution in [3.63, 3.8) is 0 Å². The molecular weight excluding hydrogens is 313 g/mol. The van der Waals surface area contributed by atoms with Crippen LogP contribution in [0, 0.1) is 5.82 Å². The van der Waals surface area contributed by atoms with Crippen LogP contribution in [0.1, 0.15) is 5.56 Å². The Kier molecular flexibility index (Phi) is 4.27. The van der Waals surface area contributed by atoms with Gasteiger partial charge in [0.2, 0.25) is 0 Å². The van der Waals surface area contributed by atoms with Gasteiger partial charge in [-0.2, -0.15) is 0 Å². The lowest BCUT2D eigenvalue weighted by atomic mass is 10.2. The quantitative estimate of drug-likeness (QED) is 0.895. The van der Waals surface area contributed by atoms with Crippen molar-refractivity contribution < 1.29 is 14.2 Å². The predicted octanol–water partition coefficient (Wildman–Crippen LogP) is 3.91. The number of phenols is 1. The van der Waals surface area contributed by atoms with Crippen LogP contribution in [0.15, 0.2) is 40.9 Å². The fourth-order valence-corrected chi connectivity index (χ4v) is 2.15. The normalized spacial score (nSPS) is 10.3. The van der Waals surface area contributed by atoms with Gasteiger partial charge in [-0.25, -0.2) is 4.39 Å². The second-order valence-corrected chi connectivity index (χ2v) is 4.83. The molecule has 0 saturated heterocycles. The highest BCUT2D eigenvalue weighted by molar-refractivity contribution is 9.10. The van der Waals surface area contributed by atoms with E-state index < -0.39 is 0 Å². The minimum atomic E-state index is -0.280. The lowest BCUT2D eigenvalue weighted by Crippen LogP contribution is -2.00. The minimum Gasteiger partial charge on any atom is -0.504 e. The topological polar surface area (TPSA) is 41.5 Å². The van der Waals surface area contributed by atoms with E-state index in [4.69, 9.17) is 4.74 Å². The highest BCUT2D eigenvalue weighted by atomic mass is 79.9. The van der Waals surface area contributed by atoms with Crippen molar-refractivity contribution in [2.45, 2.75) is 6.54 Å². The Morgan fingerprint density at radius 2 is 2.05 bits per heavy atom. The zero-order chi connectivity index (χ0) is 13.8.